The van der Waals surface area contributed by atoms with Crippen molar-refractivity contribution in [3.63, 3.8) is 0 Å². The van der Waals surface area contributed by atoms with E-state index >= 15 is 0 Å². The summed E-state index contributed by atoms with van der Waals surface area (Å²) in [6.45, 7) is 2.01. The predicted molar refractivity (Wildman–Crippen MR) is 86.3 cm³/mol. The van der Waals surface area contributed by atoms with Gasteiger partial charge in [-0.3, -0.25) is 4.57 Å². The van der Waals surface area contributed by atoms with Crippen molar-refractivity contribution in [2.24, 2.45) is 0 Å². The first kappa shape index (κ1) is 15.1. The number of nitrogens with zero attached hydrogens (tertiary/aromatic N) is 6. The number of thioether (sulfide) groups is 1. The van der Waals surface area contributed by atoms with E-state index in [4.69, 9.17) is 9.26 Å². The lowest BCUT2D eigenvalue weighted by Gasteiger charge is -2.08. The Kier molecular flexibility index (Phi) is 3.93. The number of hydrogen-bond acceptors (Lipinski definition) is 8. The summed E-state index contributed by atoms with van der Waals surface area (Å²) < 4.78 is 12.3. The highest BCUT2D eigenvalue weighted by Crippen LogP contribution is 2.40. The smallest absolute Gasteiger partial charge is 0.239 e. The maximum absolute atomic E-state index is 5.38. The average molecular weight is 344 g/mol. The van der Waals surface area contributed by atoms with Crippen LogP contribution in [0.2, 0.25) is 0 Å². The first-order chi connectivity index (χ1) is 11.7. The van der Waals surface area contributed by atoms with Gasteiger partial charge in [-0.05, 0) is 25.8 Å². The van der Waals surface area contributed by atoms with E-state index in [0.717, 1.165) is 29.5 Å². The first-order valence-corrected chi connectivity index (χ1v) is 8.53. The molecule has 0 unspecified atom stereocenters. The lowest BCUT2D eigenvalue weighted by Crippen LogP contribution is -1.99. The zero-order valence-corrected chi connectivity index (χ0v) is 14.1. The maximum atomic E-state index is 5.38. The van der Waals surface area contributed by atoms with E-state index in [-0.39, 0.29) is 5.25 Å². The van der Waals surface area contributed by atoms with Crippen molar-refractivity contribution in [2.75, 3.05) is 7.11 Å². The van der Waals surface area contributed by atoms with Crippen molar-refractivity contribution in [2.45, 2.75) is 36.1 Å². The minimum absolute atomic E-state index is 0.0147. The van der Waals surface area contributed by atoms with E-state index in [9.17, 15) is 0 Å². The van der Waals surface area contributed by atoms with Crippen molar-refractivity contribution in [3.05, 3.63) is 36.4 Å². The zero-order chi connectivity index (χ0) is 16.5. The third kappa shape index (κ3) is 2.99. The summed E-state index contributed by atoms with van der Waals surface area (Å²) in [5.41, 5.74) is 0.861. The molecule has 1 saturated carbocycles. The quantitative estimate of drug-likeness (QED) is 0.630. The second-order valence-electron chi connectivity index (χ2n) is 5.57. The molecule has 0 saturated heterocycles. The number of methoxy groups -OCH3 is 1. The van der Waals surface area contributed by atoms with Gasteiger partial charge in [-0.1, -0.05) is 16.9 Å². The van der Waals surface area contributed by atoms with Crippen molar-refractivity contribution in [1.29, 1.82) is 0 Å². The Balaban J connectivity index is 1.52. The molecule has 0 radical (unpaired) electrons. The normalized spacial score (nSPS) is 15.4. The van der Waals surface area contributed by atoms with Crippen molar-refractivity contribution < 1.29 is 9.26 Å². The fourth-order valence-electron chi connectivity index (χ4n) is 2.25. The molecule has 124 valence electrons. The van der Waals surface area contributed by atoms with Gasteiger partial charge in [0, 0.05) is 12.0 Å². The fraction of sp³-hybridized carbons (Fsp3) is 0.400. The van der Waals surface area contributed by atoms with E-state index in [0.29, 0.717) is 17.7 Å². The van der Waals surface area contributed by atoms with Gasteiger partial charge in [-0.2, -0.15) is 4.98 Å². The largest absolute Gasteiger partial charge is 0.481 e. The summed E-state index contributed by atoms with van der Waals surface area (Å²) in [7, 11) is 1.59. The second kappa shape index (κ2) is 6.23. The molecule has 0 amide bonds. The summed E-state index contributed by atoms with van der Waals surface area (Å²) in [4.78, 5) is 8.71. The summed E-state index contributed by atoms with van der Waals surface area (Å²) in [6.07, 6.45) is 5.68. The lowest BCUT2D eigenvalue weighted by molar-refractivity contribution is 0.374. The van der Waals surface area contributed by atoms with Crippen molar-refractivity contribution in [1.82, 2.24) is 29.9 Å². The van der Waals surface area contributed by atoms with Gasteiger partial charge in [0.1, 0.15) is 6.33 Å². The fourth-order valence-corrected chi connectivity index (χ4v) is 3.12. The third-order valence-electron chi connectivity index (χ3n) is 3.75. The van der Waals surface area contributed by atoms with Crippen LogP contribution in [-0.2, 0) is 0 Å². The minimum atomic E-state index is -0.0147. The van der Waals surface area contributed by atoms with E-state index in [1.54, 1.807) is 25.7 Å². The third-order valence-corrected chi connectivity index (χ3v) is 4.80. The second-order valence-corrected chi connectivity index (χ2v) is 6.88. The summed E-state index contributed by atoms with van der Waals surface area (Å²) >= 11 is 1.51. The molecule has 1 fully saturated rings. The molecule has 1 aliphatic rings. The molecule has 3 heterocycles. The molecule has 24 heavy (non-hydrogen) atoms. The SMILES string of the molecule is COc1ccc(-n2cnnc2S[C@@H](C)c2nc(C3CC3)no2)cn1. The Labute approximate surface area is 142 Å². The lowest BCUT2D eigenvalue weighted by atomic mass is 10.4. The number of hydrogen-bond donors (Lipinski definition) is 0. The molecular weight excluding hydrogens is 328 g/mol. The molecule has 4 rings (SSSR count). The molecule has 0 aliphatic heterocycles. The van der Waals surface area contributed by atoms with Crippen LogP contribution < -0.4 is 4.74 Å². The van der Waals surface area contributed by atoms with Crippen LogP contribution in [0.3, 0.4) is 0 Å². The Bertz CT molecular complexity index is 827. The van der Waals surface area contributed by atoms with E-state index < -0.39 is 0 Å². The van der Waals surface area contributed by atoms with Crippen LogP contribution >= 0.6 is 11.8 Å². The monoisotopic (exact) mass is 344 g/mol. The maximum Gasteiger partial charge on any atom is 0.239 e. The Morgan fingerprint density at radius 2 is 2.25 bits per heavy atom. The summed E-state index contributed by atoms with van der Waals surface area (Å²) in [5.74, 6) is 2.48. The van der Waals surface area contributed by atoms with E-state index in [1.807, 2.05) is 17.6 Å². The molecule has 0 bridgehead atoms. The van der Waals surface area contributed by atoms with E-state index in [2.05, 4.69) is 25.3 Å². The summed E-state index contributed by atoms with van der Waals surface area (Å²) in [6, 6.07) is 3.70. The molecule has 0 spiro atoms. The van der Waals surface area contributed by atoms with Gasteiger partial charge in [-0.15, -0.1) is 10.2 Å². The zero-order valence-electron chi connectivity index (χ0n) is 13.3. The molecule has 0 N–H and O–H groups in total. The van der Waals surface area contributed by atoms with Crippen LogP contribution in [0.25, 0.3) is 5.69 Å². The molecular formula is C15H16N6O2S. The molecule has 1 aliphatic carbocycles. The van der Waals surface area contributed by atoms with Gasteiger partial charge >= 0.3 is 0 Å². The number of pyridine rings is 1. The minimum Gasteiger partial charge on any atom is -0.481 e. The van der Waals surface area contributed by atoms with Crippen molar-refractivity contribution in [3.8, 4) is 11.6 Å². The highest BCUT2D eigenvalue weighted by molar-refractivity contribution is 7.99. The molecule has 3 aromatic heterocycles. The molecule has 3 aromatic rings. The Morgan fingerprint density at radius 3 is 2.96 bits per heavy atom. The summed E-state index contributed by atoms with van der Waals surface area (Å²) in [5, 5.41) is 13.0. The Hall–Kier alpha value is -2.42. The number of aromatic nitrogens is 6. The molecule has 1 atom stereocenters. The van der Waals surface area contributed by atoms with Gasteiger partial charge in [0.05, 0.1) is 24.2 Å². The van der Waals surface area contributed by atoms with Crippen molar-refractivity contribution >= 4 is 11.8 Å². The van der Waals surface area contributed by atoms with Gasteiger partial charge < -0.3 is 9.26 Å². The number of rotatable bonds is 6. The molecule has 9 heteroatoms. The van der Waals surface area contributed by atoms with E-state index in [1.165, 1.54) is 11.8 Å². The Morgan fingerprint density at radius 1 is 1.38 bits per heavy atom. The van der Waals surface area contributed by atoms with Crippen LogP contribution in [0.4, 0.5) is 0 Å². The highest BCUT2D eigenvalue weighted by atomic mass is 32.2. The van der Waals surface area contributed by atoms with Crippen LogP contribution in [0.15, 0.2) is 34.3 Å². The predicted octanol–water partition coefficient (Wildman–Crippen LogP) is 2.78. The van der Waals surface area contributed by atoms with Gasteiger partial charge in [0.25, 0.3) is 0 Å². The van der Waals surface area contributed by atoms with Crippen LogP contribution in [0.1, 0.15) is 42.6 Å². The first-order valence-electron chi connectivity index (χ1n) is 7.65. The van der Waals surface area contributed by atoms with Crippen LogP contribution in [0.5, 0.6) is 5.88 Å². The average Bonchev–Trinajstić information content (AvgIpc) is 3.16. The highest BCUT2D eigenvalue weighted by Gasteiger charge is 2.30. The van der Waals surface area contributed by atoms with Crippen LogP contribution in [0, 0.1) is 0 Å². The standard InChI is InChI=1S/C15H16N6O2S/c1-9(14-18-13(20-23-14)10-3-4-10)24-15-19-17-8-21(15)11-5-6-12(22-2)16-7-11/h5-10H,3-4H2,1-2H3/t9-/m0/s1. The van der Waals surface area contributed by atoms with Crippen LogP contribution in [-0.4, -0.2) is 37.0 Å². The topological polar surface area (TPSA) is 91.8 Å². The molecule has 0 aromatic carbocycles. The number of ether oxygens (including phenoxy) is 1. The molecule has 8 nitrogen and oxygen atoms in total. The van der Waals surface area contributed by atoms with Gasteiger partial charge in [-0.25, -0.2) is 4.98 Å². The van der Waals surface area contributed by atoms with Gasteiger partial charge in [0.15, 0.2) is 11.0 Å². The van der Waals surface area contributed by atoms with Gasteiger partial charge in [0.2, 0.25) is 11.8 Å².